The molecular formula is C12H14O3. The third kappa shape index (κ3) is 1.69. The van der Waals surface area contributed by atoms with Crippen LogP contribution in [0.2, 0.25) is 0 Å². The predicted octanol–water partition coefficient (Wildman–Crippen LogP) is 1.99. The predicted molar refractivity (Wildman–Crippen MR) is 55.8 cm³/mol. The first-order valence-corrected chi connectivity index (χ1v) is 5.12. The van der Waals surface area contributed by atoms with Crippen LogP contribution in [-0.2, 0) is 16.0 Å². The molecule has 3 heteroatoms. The summed E-state index contributed by atoms with van der Waals surface area (Å²) in [7, 11) is 1.40. The van der Waals surface area contributed by atoms with Crippen LogP contribution in [0.5, 0.6) is 5.75 Å². The maximum absolute atomic E-state index is 11.5. The molecule has 0 saturated carbocycles. The Bertz CT molecular complexity index is 384. The highest BCUT2D eigenvalue weighted by Gasteiger charge is 2.28. The number of phenols is 1. The Morgan fingerprint density at radius 2 is 2.33 bits per heavy atom. The van der Waals surface area contributed by atoms with E-state index in [1.165, 1.54) is 7.11 Å². The summed E-state index contributed by atoms with van der Waals surface area (Å²) in [5, 5.41) is 9.68. The van der Waals surface area contributed by atoms with Crippen molar-refractivity contribution in [3.05, 3.63) is 29.3 Å². The smallest absolute Gasteiger partial charge is 0.313 e. The quantitative estimate of drug-likeness (QED) is 0.715. The molecule has 15 heavy (non-hydrogen) atoms. The topological polar surface area (TPSA) is 46.5 Å². The maximum Gasteiger partial charge on any atom is 0.313 e. The number of aromatic hydroxyl groups is 1. The molecule has 0 fully saturated rings. The molecule has 1 aromatic rings. The van der Waals surface area contributed by atoms with Gasteiger partial charge in [-0.15, -0.1) is 0 Å². The van der Waals surface area contributed by atoms with Crippen LogP contribution in [0.1, 0.15) is 29.9 Å². The summed E-state index contributed by atoms with van der Waals surface area (Å²) in [6.07, 6.45) is 2.57. The minimum Gasteiger partial charge on any atom is -0.508 e. The second kappa shape index (κ2) is 3.93. The van der Waals surface area contributed by atoms with E-state index in [2.05, 4.69) is 0 Å². The SMILES string of the molecule is COC(=O)[C@H]1CCCc2c(O)cccc21. The summed E-state index contributed by atoms with van der Waals surface area (Å²) in [5.41, 5.74) is 1.83. The zero-order chi connectivity index (χ0) is 10.8. The van der Waals surface area contributed by atoms with Crippen LogP contribution >= 0.6 is 0 Å². The largest absolute Gasteiger partial charge is 0.508 e. The van der Waals surface area contributed by atoms with Crippen molar-refractivity contribution in [1.29, 1.82) is 0 Å². The molecule has 0 spiro atoms. The molecule has 1 aromatic carbocycles. The average Bonchev–Trinajstić information content (AvgIpc) is 2.28. The van der Waals surface area contributed by atoms with E-state index in [0.29, 0.717) is 5.75 Å². The van der Waals surface area contributed by atoms with E-state index in [4.69, 9.17) is 4.74 Å². The number of phenolic OH excluding ortho intramolecular Hbond substituents is 1. The van der Waals surface area contributed by atoms with Crippen LogP contribution in [0.3, 0.4) is 0 Å². The van der Waals surface area contributed by atoms with Gasteiger partial charge < -0.3 is 9.84 Å². The summed E-state index contributed by atoms with van der Waals surface area (Å²) in [6, 6.07) is 5.34. The third-order valence-electron chi connectivity index (χ3n) is 2.97. The Morgan fingerprint density at radius 3 is 3.07 bits per heavy atom. The molecule has 1 aliphatic carbocycles. The fourth-order valence-electron chi connectivity index (χ4n) is 2.22. The van der Waals surface area contributed by atoms with Gasteiger partial charge in [0, 0.05) is 0 Å². The number of fused-ring (bicyclic) bond motifs is 1. The van der Waals surface area contributed by atoms with Crippen molar-refractivity contribution in [2.24, 2.45) is 0 Å². The Balaban J connectivity index is 2.42. The Hall–Kier alpha value is -1.51. The summed E-state index contributed by atoms with van der Waals surface area (Å²) in [5.74, 6) is -0.117. The molecule has 0 saturated heterocycles. The minimum atomic E-state index is -0.207. The molecule has 0 aromatic heterocycles. The molecule has 1 aliphatic rings. The zero-order valence-electron chi connectivity index (χ0n) is 8.69. The molecule has 80 valence electrons. The van der Waals surface area contributed by atoms with Gasteiger partial charge in [0.15, 0.2) is 0 Å². The van der Waals surface area contributed by atoms with Gasteiger partial charge in [-0.25, -0.2) is 0 Å². The number of carbonyl (C=O) groups excluding carboxylic acids is 1. The lowest BCUT2D eigenvalue weighted by atomic mass is 9.82. The number of hydrogen-bond donors (Lipinski definition) is 1. The molecule has 0 amide bonds. The standard InChI is InChI=1S/C12H14O3/c1-15-12(14)10-6-2-5-9-8(10)4-3-7-11(9)13/h3-4,7,10,13H,2,5-6H2,1H3/t10-/m0/s1. The van der Waals surface area contributed by atoms with Gasteiger partial charge >= 0.3 is 5.97 Å². The van der Waals surface area contributed by atoms with Crippen molar-refractivity contribution in [2.75, 3.05) is 7.11 Å². The van der Waals surface area contributed by atoms with Gasteiger partial charge in [-0.05, 0) is 36.5 Å². The lowest BCUT2D eigenvalue weighted by molar-refractivity contribution is -0.142. The van der Waals surface area contributed by atoms with Crippen molar-refractivity contribution in [2.45, 2.75) is 25.2 Å². The fourth-order valence-corrected chi connectivity index (χ4v) is 2.22. The lowest BCUT2D eigenvalue weighted by Gasteiger charge is -2.23. The molecule has 0 aliphatic heterocycles. The molecule has 2 rings (SSSR count). The second-order valence-corrected chi connectivity index (χ2v) is 3.81. The van der Waals surface area contributed by atoms with Gasteiger partial charge in [0.2, 0.25) is 0 Å². The van der Waals surface area contributed by atoms with Crippen molar-refractivity contribution in [3.63, 3.8) is 0 Å². The Morgan fingerprint density at radius 1 is 1.53 bits per heavy atom. The fraction of sp³-hybridized carbons (Fsp3) is 0.417. The monoisotopic (exact) mass is 206 g/mol. The van der Waals surface area contributed by atoms with E-state index >= 15 is 0 Å². The molecule has 1 N–H and O–H groups in total. The van der Waals surface area contributed by atoms with E-state index in [0.717, 1.165) is 30.4 Å². The summed E-state index contributed by atoms with van der Waals surface area (Å²) in [6.45, 7) is 0. The maximum atomic E-state index is 11.5. The van der Waals surface area contributed by atoms with Crippen LogP contribution in [0, 0.1) is 0 Å². The van der Waals surface area contributed by atoms with Crippen LogP contribution < -0.4 is 0 Å². The highest BCUT2D eigenvalue weighted by molar-refractivity contribution is 5.79. The van der Waals surface area contributed by atoms with E-state index in [9.17, 15) is 9.90 Å². The first-order chi connectivity index (χ1) is 7.24. The molecule has 0 bridgehead atoms. The Kier molecular flexibility index (Phi) is 2.62. The number of carbonyl (C=O) groups is 1. The van der Waals surface area contributed by atoms with Crippen LogP contribution in [0.15, 0.2) is 18.2 Å². The molecule has 0 unspecified atom stereocenters. The number of benzene rings is 1. The highest BCUT2D eigenvalue weighted by atomic mass is 16.5. The third-order valence-corrected chi connectivity index (χ3v) is 2.97. The second-order valence-electron chi connectivity index (χ2n) is 3.81. The van der Waals surface area contributed by atoms with Gasteiger partial charge in [0.05, 0.1) is 13.0 Å². The van der Waals surface area contributed by atoms with Gasteiger partial charge in [-0.1, -0.05) is 12.1 Å². The number of esters is 1. The molecule has 3 nitrogen and oxygen atoms in total. The van der Waals surface area contributed by atoms with E-state index in [1.54, 1.807) is 12.1 Å². The van der Waals surface area contributed by atoms with Gasteiger partial charge in [0.1, 0.15) is 5.75 Å². The van der Waals surface area contributed by atoms with Crippen LogP contribution in [-0.4, -0.2) is 18.2 Å². The van der Waals surface area contributed by atoms with Crippen LogP contribution in [0.4, 0.5) is 0 Å². The number of rotatable bonds is 1. The van der Waals surface area contributed by atoms with E-state index in [1.807, 2.05) is 6.07 Å². The highest BCUT2D eigenvalue weighted by Crippen LogP contribution is 2.36. The molecule has 0 radical (unpaired) electrons. The van der Waals surface area contributed by atoms with Gasteiger partial charge in [0.25, 0.3) is 0 Å². The zero-order valence-corrected chi connectivity index (χ0v) is 8.69. The first kappa shape index (κ1) is 10.0. The van der Waals surface area contributed by atoms with Crippen molar-refractivity contribution < 1.29 is 14.6 Å². The molecular weight excluding hydrogens is 192 g/mol. The lowest BCUT2D eigenvalue weighted by Crippen LogP contribution is -2.19. The van der Waals surface area contributed by atoms with Crippen molar-refractivity contribution in [3.8, 4) is 5.75 Å². The molecule has 0 heterocycles. The normalized spacial score (nSPS) is 19.4. The molecule has 1 atom stereocenters. The van der Waals surface area contributed by atoms with E-state index < -0.39 is 0 Å². The van der Waals surface area contributed by atoms with Gasteiger partial charge in [-0.2, -0.15) is 0 Å². The summed E-state index contributed by atoms with van der Waals surface area (Å²) >= 11 is 0. The number of hydrogen-bond acceptors (Lipinski definition) is 3. The summed E-state index contributed by atoms with van der Waals surface area (Å²) < 4.78 is 4.77. The number of methoxy groups -OCH3 is 1. The minimum absolute atomic E-state index is 0.203. The van der Waals surface area contributed by atoms with Crippen molar-refractivity contribution >= 4 is 5.97 Å². The first-order valence-electron chi connectivity index (χ1n) is 5.12. The van der Waals surface area contributed by atoms with Crippen molar-refractivity contribution in [1.82, 2.24) is 0 Å². The average molecular weight is 206 g/mol. The number of ether oxygens (including phenoxy) is 1. The van der Waals surface area contributed by atoms with E-state index in [-0.39, 0.29) is 11.9 Å². The summed E-state index contributed by atoms with van der Waals surface area (Å²) in [4.78, 5) is 11.5. The van der Waals surface area contributed by atoms with Crippen LogP contribution in [0.25, 0.3) is 0 Å². The Labute approximate surface area is 88.7 Å². The van der Waals surface area contributed by atoms with Gasteiger partial charge in [-0.3, -0.25) is 4.79 Å².